The van der Waals surface area contributed by atoms with E-state index in [0.717, 1.165) is 5.56 Å². The van der Waals surface area contributed by atoms with Crippen LogP contribution >= 0.6 is 11.6 Å². The number of rotatable bonds is 6. The van der Waals surface area contributed by atoms with E-state index in [4.69, 9.17) is 16.3 Å². The molecule has 0 unspecified atom stereocenters. The summed E-state index contributed by atoms with van der Waals surface area (Å²) in [5.41, 5.74) is 0.970. The van der Waals surface area contributed by atoms with Crippen molar-refractivity contribution in [2.75, 3.05) is 19.8 Å². The van der Waals surface area contributed by atoms with Gasteiger partial charge in [0.15, 0.2) is 0 Å². The van der Waals surface area contributed by atoms with Crippen molar-refractivity contribution in [3.8, 4) is 0 Å². The van der Waals surface area contributed by atoms with E-state index in [-0.39, 0.29) is 6.03 Å². The number of carbonyl (C=O) groups is 1. The Morgan fingerprint density at radius 1 is 1.41 bits per heavy atom. The van der Waals surface area contributed by atoms with Crippen LogP contribution in [0.15, 0.2) is 24.3 Å². The Hall–Kier alpha value is -1.26. The normalized spacial score (nSPS) is 10.0. The van der Waals surface area contributed by atoms with Gasteiger partial charge >= 0.3 is 6.03 Å². The van der Waals surface area contributed by atoms with Crippen LogP contribution in [0.25, 0.3) is 0 Å². The second-order valence-corrected chi connectivity index (χ2v) is 3.87. The summed E-state index contributed by atoms with van der Waals surface area (Å²) in [5.74, 6) is 0. The Bertz CT molecular complexity index is 358. The van der Waals surface area contributed by atoms with Gasteiger partial charge in [0.05, 0.1) is 6.61 Å². The van der Waals surface area contributed by atoms with Gasteiger partial charge in [0.25, 0.3) is 0 Å². The highest BCUT2D eigenvalue weighted by atomic mass is 35.5. The van der Waals surface area contributed by atoms with Gasteiger partial charge in [-0.1, -0.05) is 23.7 Å². The summed E-state index contributed by atoms with van der Waals surface area (Å²) in [7, 11) is 0. The largest absolute Gasteiger partial charge is 0.380 e. The molecule has 2 N–H and O–H groups in total. The van der Waals surface area contributed by atoms with Crippen molar-refractivity contribution >= 4 is 17.6 Å². The summed E-state index contributed by atoms with van der Waals surface area (Å²) in [4.78, 5) is 11.4. The molecule has 0 heterocycles. The average Bonchev–Trinajstić information content (AvgIpc) is 2.32. The molecule has 1 rings (SSSR count). The fraction of sp³-hybridized carbons (Fsp3) is 0.417. The summed E-state index contributed by atoms with van der Waals surface area (Å²) in [5, 5.41) is 6.10. The van der Waals surface area contributed by atoms with Gasteiger partial charge in [-0.2, -0.15) is 0 Å². The van der Waals surface area contributed by atoms with Crippen molar-refractivity contribution in [2.45, 2.75) is 13.5 Å². The smallest absolute Gasteiger partial charge is 0.315 e. The molecule has 0 saturated heterocycles. The van der Waals surface area contributed by atoms with Crippen molar-refractivity contribution in [1.29, 1.82) is 0 Å². The first-order chi connectivity index (χ1) is 8.22. The lowest BCUT2D eigenvalue weighted by molar-refractivity contribution is 0.149. The number of nitrogens with one attached hydrogen (secondary N) is 2. The van der Waals surface area contributed by atoms with Gasteiger partial charge < -0.3 is 15.4 Å². The molecule has 0 aromatic heterocycles. The maximum atomic E-state index is 11.4. The minimum atomic E-state index is -0.204. The zero-order valence-electron chi connectivity index (χ0n) is 9.83. The van der Waals surface area contributed by atoms with Crippen LogP contribution < -0.4 is 10.6 Å². The first kappa shape index (κ1) is 13.8. The Balaban J connectivity index is 2.19. The zero-order valence-corrected chi connectivity index (χ0v) is 10.6. The molecule has 5 heteroatoms. The van der Waals surface area contributed by atoms with Gasteiger partial charge in [-0.15, -0.1) is 0 Å². The highest BCUT2D eigenvalue weighted by Crippen LogP contribution is 2.09. The molecule has 0 bridgehead atoms. The number of hydrogen-bond donors (Lipinski definition) is 2. The molecule has 1 aromatic rings. The molecule has 0 radical (unpaired) electrons. The topological polar surface area (TPSA) is 50.4 Å². The predicted octanol–water partition coefficient (Wildman–Crippen LogP) is 2.18. The van der Waals surface area contributed by atoms with Gasteiger partial charge in [0, 0.05) is 24.7 Å². The highest BCUT2D eigenvalue weighted by Gasteiger charge is 1.99. The van der Waals surface area contributed by atoms with Crippen molar-refractivity contribution in [2.24, 2.45) is 0 Å². The summed E-state index contributed by atoms with van der Waals surface area (Å²) >= 11 is 5.83. The average molecular weight is 257 g/mol. The molecule has 4 nitrogen and oxygen atoms in total. The maximum absolute atomic E-state index is 11.4. The van der Waals surface area contributed by atoms with Gasteiger partial charge in [-0.05, 0) is 24.6 Å². The summed E-state index contributed by atoms with van der Waals surface area (Å²) in [6.45, 7) is 4.07. The third-order valence-corrected chi connectivity index (χ3v) is 2.31. The third-order valence-electron chi connectivity index (χ3n) is 2.08. The zero-order chi connectivity index (χ0) is 12.5. The van der Waals surface area contributed by atoms with Crippen molar-refractivity contribution in [3.63, 3.8) is 0 Å². The summed E-state index contributed by atoms with van der Waals surface area (Å²) in [6, 6.07) is 7.18. The van der Waals surface area contributed by atoms with Crippen LogP contribution in [0.2, 0.25) is 5.02 Å². The fourth-order valence-corrected chi connectivity index (χ4v) is 1.49. The van der Waals surface area contributed by atoms with Crippen molar-refractivity contribution < 1.29 is 9.53 Å². The number of hydrogen-bond acceptors (Lipinski definition) is 2. The van der Waals surface area contributed by atoms with E-state index in [1.165, 1.54) is 0 Å². The standard InChI is InChI=1S/C12H17ClN2O2/c1-2-17-7-6-14-12(16)15-9-10-4-3-5-11(13)8-10/h3-5,8H,2,6-7,9H2,1H3,(H2,14,15,16). The van der Waals surface area contributed by atoms with E-state index in [1.54, 1.807) is 6.07 Å². The van der Waals surface area contributed by atoms with Crippen LogP contribution in [0.3, 0.4) is 0 Å². The molecule has 17 heavy (non-hydrogen) atoms. The number of carbonyl (C=O) groups excluding carboxylic acids is 1. The molecular weight excluding hydrogens is 240 g/mol. The summed E-state index contributed by atoms with van der Waals surface area (Å²) in [6.07, 6.45) is 0. The van der Waals surface area contributed by atoms with Crippen LogP contribution in [-0.4, -0.2) is 25.8 Å². The third kappa shape index (κ3) is 6.14. The Morgan fingerprint density at radius 2 is 2.24 bits per heavy atom. The molecule has 0 fully saturated rings. The number of halogens is 1. The molecule has 2 amide bonds. The number of benzene rings is 1. The van der Waals surface area contributed by atoms with E-state index < -0.39 is 0 Å². The van der Waals surface area contributed by atoms with Gasteiger partial charge in [0.2, 0.25) is 0 Å². The molecule has 1 aromatic carbocycles. The monoisotopic (exact) mass is 256 g/mol. The lowest BCUT2D eigenvalue weighted by Gasteiger charge is -2.07. The second kappa shape index (κ2) is 7.92. The molecular formula is C12H17ClN2O2. The molecule has 0 saturated carbocycles. The van der Waals surface area contributed by atoms with E-state index in [9.17, 15) is 4.79 Å². The first-order valence-corrected chi connectivity index (χ1v) is 5.94. The van der Waals surface area contributed by atoms with Crippen LogP contribution in [-0.2, 0) is 11.3 Å². The predicted molar refractivity (Wildman–Crippen MR) is 68.2 cm³/mol. The SMILES string of the molecule is CCOCCNC(=O)NCc1cccc(Cl)c1. The number of urea groups is 1. The van der Waals surface area contributed by atoms with E-state index in [0.29, 0.717) is 31.3 Å². The molecule has 0 atom stereocenters. The Labute approximate surface area is 106 Å². The highest BCUT2D eigenvalue weighted by molar-refractivity contribution is 6.30. The second-order valence-electron chi connectivity index (χ2n) is 3.44. The van der Waals surface area contributed by atoms with Crippen LogP contribution in [0.1, 0.15) is 12.5 Å². The summed E-state index contributed by atoms with van der Waals surface area (Å²) < 4.78 is 5.10. The van der Waals surface area contributed by atoms with E-state index >= 15 is 0 Å². The lowest BCUT2D eigenvalue weighted by atomic mass is 10.2. The van der Waals surface area contributed by atoms with Gasteiger partial charge in [-0.25, -0.2) is 4.79 Å². The molecule has 0 spiro atoms. The minimum Gasteiger partial charge on any atom is -0.380 e. The molecule has 0 aliphatic rings. The van der Waals surface area contributed by atoms with Crippen LogP contribution in [0, 0.1) is 0 Å². The Kier molecular flexibility index (Phi) is 6.43. The minimum absolute atomic E-state index is 0.204. The van der Waals surface area contributed by atoms with E-state index in [1.807, 2.05) is 25.1 Å². The number of ether oxygens (including phenoxy) is 1. The van der Waals surface area contributed by atoms with Gasteiger partial charge in [-0.3, -0.25) is 0 Å². The van der Waals surface area contributed by atoms with Crippen LogP contribution in [0.5, 0.6) is 0 Å². The van der Waals surface area contributed by atoms with E-state index in [2.05, 4.69) is 10.6 Å². The van der Waals surface area contributed by atoms with Crippen LogP contribution in [0.4, 0.5) is 4.79 Å². The number of amides is 2. The quantitative estimate of drug-likeness (QED) is 0.767. The fourth-order valence-electron chi connectivity index (χ4n) is 1.27. The molecule has 94 valence electrons. The first-order valence-electron chi connectivity index (χ1n) is 5.56. The van der Waals surface area contributed by atoms with Crippen molar-refractivity contribution in [1.82, 2.24) is 10.6 Å². The molecule has 0 aliphatic carbocycles. The van der Waals surface area contributed by atoms with Gasteiger partial charge in [0.1, 0.15) is 0 Å². The lowest BCUT2D eigenvalue weighted by Crippen LogP contribution is -2.36. The Morgan fingerprint density at radius 3 is 2.94 bits per heavy atom. The van der Waals surface area contributed by atoms with Crippen molar-refractivity contribution in [3.05, 3.63) is 34.9 Å². The molecule has 0 aliphatic heterocycles. The maximum Gasteiger partial charge on any atom is 0.315 e.